The van der Waals surface area contributed by atoms with E-state index in [0.29, 0.717) is 18.8 Å². The van der Waals surface area contributed by atoms with E-state index in [1.165, 1.54) is 12.1 Å². The number of benzene rings is 2. The number of fused-ring (bicyclic) bond motifs is 1. The predicted molar refractivity (Wildman–Crippen MR) is 126 cm³/mol. The second-order valence-electron chi connectivity index (χ2n) is 8.90. The Balaban J connectivity index is 1.18. The summed E-state index contributed by atoms with van der Waals surface area (Å²) < 4.78 is 15.6. The number of H-pyrrole nitrogens is 1. The largest absolute Gasteiger partial charge is 0.343 e. The van der Waals surface area contributed by atoms with Crippen molar-refractivity contribution in [3.05, 3.63) is 72.6 Å². The highest BCUT2D eigenvalue weighted by Crippen LogP contribution is 2.26. The highest BCUT2D eigenvalue weighted by molar-refractivity contribution is 5.81. The van der Waals surface area contributed by atoms with Crippen LogP contribution in [0.4, 0.5) is 4.39 Å². The van der Waals surface area contributed by atoms with E-state index < -0.39 is 0 Å². The van der Waals surface area contributed by atoms with Crippen molar-refractivity contribution in [2.24, 2.45) is 5.92 Å². The Hall–Kier alpha value is -3.48. The number of aromatic amines is 1. The van der Waals surface area contributed by atoms with Gasteiger partial charge in [0.2, 0.25) is 5.91 Å². The summed E-state index contributed by atoms with van der Waals surface area (Å²) in [6.07, 6.45) is 9.73. The van der Waals surface area contributed by atoms with Crippen LogP contribution < -0.4 is 0 Å². The van der Waals surface area contributed by atoms with E-state index in [2.05, 4.69) is 37.9 Å². The Morgan fingerprint density at radius 2 is 2.06 bits per heavy atom. The Morgan fingerprint density at radius 3 is 2.91 bits per heavy atom. The molecule has 1 fully saturated rings. The number of aromatic nitrogens is 4. The number of aryl methyl sites for hydroxylation is 1. The standard InChI is InChI=1S/C26H28FN5O/c27-23-5-1-3-19(13-23)6-9-26(33)31-11-2-4-20(10-12-31)17-32-18-28-24-14-21(7-8-25(24)32)22-15-29-30-16-22/h1,3,5,7-8,13-16,18,20H,2,4,6,9-12,17H2,(H,29,30). The molecule has 5 rings (SSSR count). The van der Waals surface area contributed by atoms with Crippen molar-refractivity contribution in [1.82, 2.24) is 24.6 Å². The Kier molecular flexibility index (Phi) is 6.19. The lowest BCUT2D eigenvalue weighted by Crippen LogP contribution is -2.32. The van der Waals surface area contributed by atoms with Crippen LogP contribution in [0, 0.1) is 11.7 Å². The van der Waals surface area contributed by atoms with Crippen molar-refractivity contribution in [2.75, 3.05) is 13.1 Å². The maximum absolute atomic E-state index is 13.4. The summed E-state index contributed by atoms with van der Waals surface area (Å²) in [5, 5.41) is 6.88. The summed E-state index contributed by atoms with van der Waals surface area (Å²) in [5.41, 5.74) is 5.14. The van der Waals surface area contributed by atoms with Crippen LogP contribution in [-0.2, 0) is 17.8 Å². The van der Waals surface area contributed by atoms with Gasteiger partial charge in [-0.05, 0) is 67.0 Å². The number of carbonyl (C=O) groups excluding carboxylic acids is 1. The molecule has 0 radical (unpaired) electrons. The molecule has 7 heteroatoms. The first-order valence-corrected chi connectivity index (χ1v) is 11.6. The molecule has 1 atom stereocenters. The first-order chi connectivity index (χ1) is 16.2. The Bertz CT molecular complexity index is 1230. The molecule has 1 amide bonds. The van der Waals surface area contributed by atoms with Crippen LogP contribution >= 0.6 is 0 Å². The lowest BCUT2D eigenvalue weighted by molar-refractivity contribution is -0.131. The molecule has 33 heavy (non-hydrogen) atoms. The average molecular weight is 446 g/mol. The van der Waals surface area contributed by atoms with E-state index in [-0.39, 0.29) is 11.7 Å². The Morgan fingerprint density at radius 1 is 1.12 bits per heavy atom. The molecule has 3 heterocycles. The number of nitrogens with one attached hydrogen (secondary N) is 1. The minimum absolute atomic E-state index is 0.166. The second kappa shape index (κ2) is 9.57. The summed E-state index contributed by atoms with van der Waals surface area (Å²) in [7, 11) is 0. The van der Waals surface area contributed by atoms with E-state index >= 15 is 0 Å². The fourth-order valence-corrected chi connectivity index (χ4v) is 4.77. The Labute approximate surface area is 192 Å². The zero-order valence-corrected chi connectivity index (χ0v) is 18.6. The third kappa shape index (κ3) is 4.97. The van der Waals surface area contributed by atoms with Crippen LogP contribution in [0.2, 0.25) is 0 Å². The molecule has 0 aliphatic carbocycles. The van der Waals surface area contributed by atoms with Gasteiger partial charge in [0, 0.05) is 37.8 Å². The van der Waals surface area contributed by atoms with E-state index in [4.69, 9.17) is 0 Å². The van der Waals surface area contributed by atoms with Crippen molar-refractivity contribution in [1.29, 1.82) is 0 Å². The molecule has 1 unspecified atom stereocenters. The maximum atomic E-state index is 13.4. The van der Waals surface area contributed by atoms with Crippen molar-refractivity contribution >= 4 is 16.9 Å². The van der Waals surface area contributed by atoms with Gasteiger partial charge in [-0.15, -0.1) is 0 Å². The van der Waals surface area contributed by atoms with E-state index in [1.807, 2.05) is 29.7 Å². The molecule has 1 saturated heterocycles. The second-order valence-corrected chi connectivity index (χ2v) is 8.90. The van der Waals surface area contributed by atoms with Gasteiger partial charge in [0.05, 0.1) is 23.6 Å². The van der Waals surface area contributed by atoms with Crippen molar-refractivity contribution in [2.45, 2.75) is 38.6 Å². The van der Waals surface area contributed by atoms with Crippen LogP contribution in [0.15, 0.2) is 61.2 Å². The summed E-state index contributed by atoms with van der Waals surface area (Å²) >= 11 is 0. The average Bonchev–Trinajstić information content (AvgIpc) is 3.43. The number of hydrogen-bond acceptors (Lipinski definition) is 3. The van der Waals surface area contributed by atoms with E-state index in [9.17, 15) is 9.18 Å². The molecular weight excluding hydrogens is 417 g/mol. The number of imidazole rings is 1. The number of hydrogen-bond donors (Lipinski definition) is 1. The van der Waals surface area contributed by atoms with Gasteiger partial charge < -0.3 is 9.47 Å². The quantitative estimate of drug-likeness (QED) is 0.462. The van der Waals surface area contributed by atoms with E-state index in [1.54, 1.807) is 6.07 Å². The molecule has 0 spiro atoms. The number of carbonyl (C=O) groups is 1. The normalized spacial score (nSPS) is 16.8. The third-order valence-corrected chi connectivity index (χ3v) is 6.62. The summed E-state index contributed by atoms with van der Waals surface area (Å²) in [5.74, 6) is 0.430. The summed E-state index contributed by atoms with van der Waals surface area (Å²) in [4.78, 5) is 19.4. The first-order valence-electron chi connectivity index (χ1n) is 11.6. The van der Waals surface area contributed by atoms with E-state index in [0.717, 1.165) is 66.6 Å². The minimum atomic E-state index is -0.248. The van der Waals surface area contributed by atoms with Crippen LogP contribution in [-0.4, -0.2) is 43.6 Å². The molecule has 2 aromatic carbocycles. The van der Waals surface area contributed by atoms with Crippen LogP contribution in [0.25, 0.3) is 22.2 Å². The fourth-order valence-electron chi connectivity index (χ4n) is 4.77. The smallest absolute Gasteiger partial charge is 0.222 e. The van der Waals surface area contributed by atoms with Crippen LogP contribution in [0.3, 0.4) is 0 Å². The molecule has 1 N–H and O–H groups in total. The molecule has 6 nitrogen and oxygen atoms in total. The van der Waals surface area contributed by atoms with Crippen molar-refractivity contribution < 1.29 is 9.18 Å². The molecule has 0 saturated carbocycles. The van der Waals surface area contributed by atoms with Gasteiger partial charge in [-0.2, -0.15) is 5.10 Å². The number of nitrogens with zero attached hydrogens (tertiary/aromatic N) is 4. The first kappa shape index (κ1) is 21.4. The lowest BCUT2D eigenvalue weighted by Gasteiger charge is -2.21. The zero-order valence-electron chi connectivity index (χ0n) is 18.6. The van der Waals surface area contributed by atoms with Gasteiger partial charge in [0.1, 0.15) is 5.82 Å². The number of likely N-dealkylation sites (tertiary alicyclic amines) is 1. The number of rotatable bonds is 6. The van der Waals surface area contributed by atoms with Gasteiger partial charge in [0.25, 0.3) is 0 Å². The minimum Gasteiger partial charge on any atom is -0.343 e. The third-order valence-electron chi connectivity index (χ3n) is 6.62. The van der Waals surface area contributed by atoms with Crippen molar-refractivity contribution in [3.8, 4) is 11.1 Å². The number of halogens is 1. The lowest BCUT2D eigenvalue weighted by atomic mass is 10.0. The van der Waals surface area contributed by atoms with Gasteiger partial charge in [0.15, 0.2) is 0 Å². The van der Waals surface area contributed by atoms with Gasteiger partial charge in [-0.3, -0.25) is 9.89 Å². The SMILES string of the molecule is O=C(CCc1cccc(F)c1)N1CCCC(Cn2cnc3cc(-c4cn[nH]c4)ccc32)CC1. The molecule has 1 aliphatic rings. The topological polar surface area (TPSA) is 66.8 Å². The highest BCUT2D eigenvalue weighted by Gasteiger charge is 2.21. The zero-order chi connectivity index (χ0) is 22.6. The van der Waals surface area contributed by atoms with Gasteiger partial charge >= 0.3 is 0 Å². The molecule has 0 bridgehead atoms. The summed E-state index contributed by atoms with van der Waals surface area (Å²) in [6, 6.07) is 12.9. The van der Waals surface area contributed by atoms with Gasteiger partial charge in [-0.25, -0.2) is 9.37 Å². The van der Waals surface area contributed by atoms with Crippen LogP contribution in [0.5, 0.6) is 0 Å². The van der Waals surface area contributed by atoms with Crippen LogP contribution in [0.1, 0.15) is 31.2 Å². The fraction of sp³-hybridized carbons (Fsp3) is 0.346. The summed E-state index contributed by atoms with van der Waals surface area (Å²) in [6.45, 7) is 2.49. The highest BCUT2D eigenvalue weighted by atomic mass is 19.1. The monoisotopic (exact) mass is 445 g/mol. The predicted octanol–water partition coefficient (Wildman–Crippen LogP) is 4.83. The van der Waals surface area contributed by atoms with Gasteiger partial charge in [-0.1, -0.05) is 18.2 Å². The molecule has 1 aliphatic heterocycles. The number of amides is 1. The molecule has 170 valence electrons. The molecule has 2 aromatic heterocycles. The maximum Gasteiger partial charge on any atom is 0.222 e. The molecular formula is C26H28FN5O. The van der Waals surface area contributed by atoms with Crippen molar-refractivity contribution in [3.63, 3.8) is 0 Å². The molecule has 4 aromatic rings.